The lowest BCUT2D eigenvalue weighted by molar-refractivity contribution is 0.222. The number of hydrogen-bond acceptors (Lipinski definition) is 3. The van der Waals surface area contributed by atoms with Crippen LogP contribution < -0.4 is 10.6 Å². The van der Waals surface area contributed by atoms with Crippen LogP contribution in [-0.2, 0) is 0 Å². The number of nitrogens with two attached hydrogens (primary N) is 1. The number of hydrogen-bond donors (Lipinski definition) is 1. The summed E-state index contributed by atoms with van der Waals surface area (Å²) in [5.74, 6) is 0.602. The van der Waals surface area contributed by atoms with E-state index >= 15 is 0 Å². The molecule has 17 heavy (non-hydrogen) atoms. The normalized spacial score (nSPS) is 20.2. The number of nitrogens with zero attached hydrogens (tertiary/aromatic N) is 2. The Morgan fingerprint density at radius 1 is 1.35 bits per heavy atom. The van der Waals surface area contributed by atoms with Crippen molar-refractivity contribution in [1.82, 2.24) is 4.98 Å². The monoisotopic (exact) mass is 233 g/mol. The topological polar surface area (TPSA) is 42.2 Å². The Kier molecular flexibility index (Phi) is 3.27. The molecule has 0 aromatic carbocycles. The highest BCUT2D eigenvalue weighted by Crippen LogP contribution is 2.37. The molecular formula is C14H23N3. The molecule has 0 radical (unpaired) electrons. The number of aromatic nitrogens is 1. The van der Waals surface area contributed by atoms with Gasteiger partial charge in [0.15, 0.2) is 0 Å². The third-order valence-corrected chi connectivity index (χ3v) is 4.03. The molecule has 1 aromatic rings. The van der Waals surface area contributed by atoms with Crippen molar-refractivity contribution < 1.29 is 0 Å². The van der Waals surface area contributed by atoms with E-state index in [9.17, 15) is 0 Å². The fraction of sp³-hybridized carbons (Fsp3) is 0.643. The van der Waals surface area contributed by atoms with Gasteiger partial charge in [-0.1, -0.05) is 13.8 Å². The lowest BCUT2D eigenvalue weighted by Crippen LogP contribution is -2.37. The van der Waals surface area contributed by atoms with Gasteiger partial charge in [-0.3, -0.25) is 0 Å². The minimum Gasteiger partial charge on any atom is -0.384 e. The van der Waals surface area contributed by atoms with Crippen LogP contribution in [0.2, 0.25) is 0 Å². The van der Waals surface area contributed by atoms with Crippen LogP contribution in [0.3, 0.4) is 0 Å². The maximum Gasteiger partial charge on any atom is 0.125 e. The summed E-state index contributed by atoms with van der Waals surface area (Å²) < 4.78 is 0. The summed E-state index contributed by atoms with van der Waals surface area (Å²) in [6.07, 6.45) is 6.94. The first-order valence-corrected chi connectivity index (χ1v) is 6.42. The van der Waals surface area contributed by atoms with Gasteiger partial charge in [0, 0.05) is 31.0 Å². The molecule has 3 heteroatoms. The number of anilines is 2. The van der Waals surface area contributed by atoms with Crippen LogP contribution in [0.1, 0.15) is 39.5 Å². The van der Waals surface area contributed by atoms with Crippen molar-refractivity contribution in [3.8, 4) is 0 Å². The van der Waals surface area contributed by atoms with E-state index in [1.54, 1.807) is 6.20 Å². The predicted molar refractivity (Wildman–Crippen MR) is 73.1 cm³/mol. The summed E-state index contributed by atoms with van der Waals surface area (Å²) in [7, 11) is 2.16. The third-order valence-electron chi connectivity index (χ3n) is 4.03. The highest BCUT2D eigenvalue weighted by atomic mass is 15.1. The molecule has 0 amide bonds. The molecule has 0 unspecified atom stereocenters. The first kappa shape index (κ1) is 12.2. The van der Waals surface area contributed by atoms with Gasteiger partial charge >= 0.3 is 0 Å². The molecule has 0 bridgehead atoms. The van der Waals surface area contributed by atoms with E-state index in [1.807, 2.05) is 12.1 Å². The van der Waals surface area contributed by atoms with Gasteiger partial charge in [-0.25, -0.2) is 4.98 Å². The van der Waals surface area contributed by atoms with Crippen molar-refractivity contribution in [3.63, 3.8) is 0 Å². The minimum absolute atomic E-state index is 0.522. The van der Waals surface area contributed by atoms with Crippen LogP contribution >= 0.6 is 0 Å². The van der Waals surface area contributed by atoms with E-state index in [2.05, 4.69) is 30.8 Å². The molecule has 1 heterocycles. The lowest BCUT2D eigenvalue weighted by Gasteiger charge is -2.39. The molecule has 2 rings (SSSR count). The smallest absolute Gasteiger partial charge is 0.125 e. The van der Waals surface area contributed by atoms with Gasteiger partial charge in [0.05, 0.1) is 0 Å². The molecular weight excluding hydrogens is 210 g/mol. The zero-order valence-electron chi connectivity index (χ0n) is 11.1. The van der Waals surface area contributed by atoms with Gasteiger partial charge in [0.25, 0.3) is 0 Å². The Morgan fingerprint density at radius 3 is 2.59 bits per heavy atom. The van der Waals surface area contributed by atoms with Crippen LogP contribution in [0.4, 0.5) is 11.5 Å². The van der Waals surface area contributed by atoms with Crippen molar-refractivity contribution in [2.24, 2.45) is 5.41 Å². The van der Waals surface area contributed by atoms with Gasteiger partial charge in [-0.15, -0.1) is 0 Å². The highest BCUT2D eigenvalue weighted by molar-refractivity contribution is 5.52. The molecule has 1 aliphatic rings. The summed E-state index contributed by atoms with van der Waals surface area (Å²) in [6, 6.07) is 4.64. The van der Waals surface area contributed by atoms with Gasteiger partial charge in [-0.2, -0.15) is 0 Å². The molecule has 0 aliphatic heterocycles. The van der Waals surface area contributed by atoms with E-state index < -0.39 is 0 Å². The van der Waals surface area contributed by atoms with E-state index in [4.69, 9.17) is 5.73 Å². The van der Waals surface area contributed by atoms with Crippen molar-refractivity contribution in [1.29, 1.82) is 0 Å². The fourth-order valence-electron chi connectivity index (χ4n) is 2.64. The molecule has 1 saturated carbocycles. The Labute approximate surface area is 104 Å². The van der Waals surface area contributed by atoms with E-state index in [1.165, 1.54) is 31.4 Å². The summed E-state index contributed by atoms with van der Waals surface area (Å²) >= 11 is 0. The molecule has 0 atom stereocenters. The Balaban J connectivity index is 2.04. The van der Waals surface area contributed by atoms with Crippen molar-refractivity contribution in [2.45, 2.75) is 45.6 Å². The van der Waals surface area contributed by atoms with Gasteiger partial charge in [-0.05, 0) is 37.2 Å². The number of pyridine rings is 1. The summed E-state index contributed by atoms with van der Waals surface area (Å²) in [6.45, 7) is 4.74. The summed E-state index contributed by atoms with van der Waals surface area (Å²) in [4.78, 5) is 6.40. The molecule has 0 spiro atoms. The lowest BCUT2D eigenvalue weighted by atomic mass is 9.75. The van der Waals surface area contributed by atoms with E-state index in [-0.39, 0.29) is 0 Å². The number of nitrogen functional groups attached to an aromatic ring is 1. The van der Waals surface area contributed by atoms with E-state index in [0.29, 0.717) is 17.3 Å². The first-order chi connectivity index (χ1) is 7.98. The average molecular weight is 233 g/mol. The van der Waals surface area contributed by atoms with E-state index in [0.717, 1.165) is 0 Å². The molecule has 1 fully saturated rings. The second kappa shape index (κ2) is 4.55. The summed E-state index contributed by atoms with van der Waals surface area (Å²) in [5.41, 5.74) is 7.44. The second-order valence-electron chi connectivity index (χ2n) is 5.95. The van der Waals surface area contributed by atoms with Crippen LogP contribution in [0.5, 0.6) is 0 Å². The fourth-order valence-corrected chi connectivity index (χ4v) is 2.64. The van der Waals surface area contributed by atoms with Gasteiger partial charge in [0.2, 0.25) is 0 Å². The van der Waals surface area contributed by atoms with Crippen LogP contribution in [0.15, 0.2) is 18.3 Å². The van der Waals surface area contributed by atoms with Gasteiger partial charge in [0.1, 0.15) is 5.82 Å². The minimum atomic E-state index is 0.522. The van der Waals surface area contributed by atoms with Crippen molar-refractivity contribution in [2.75, 3.05) is 17.7 Å². The predicted octanol–water partition coefficient (Wildman–Crippen LogP) is 3.07. The van der Waals surface area contributed by atoms with Crippen molar-refractivity contribution >= 4 is 11.5 Å². The van der Waals surface area contributed by atoms with Crippen molar-refractivity contribution in [3.05, 3.63) is 18.3 Å². The quantitative estimate of drug-likeness (QED) is 0.853. The third kappa shape index (κ3) is 2.90. The van der Waals surface area contributed by atoms with Gasteiger partial charge < -0.3 is 10.6 Å². The van der Waals surface area contributed by atoms with Crippen LogP contribution in [-0.4, -0.2) is 18.1 Å². The molecule has 3 nitrogen and oxygen atoms in total. The summed E-state index contributed by atoms with van der Waals surface area (Å²) in [5, 5.41) is 0. The van der Waals surface area contributed by atoms with Crippen LogP contribution in [0, 0.1) is 5.41 Å². The standard InChI is InChI=1S/C14H23N3/c1-14(2)7-4-11(5-8-14)17(3)12-6-9-16-13(15)10-12/h6,9-11H,4-5,7-8H2,1-3H3,(H2,15,16). The molecule has 0 saturated heterocycles. The molecule has 1 aliphatic carbocycles. The maximum absolute atomic E-state index is 5.73. The first-order valence-electron chi connectivity index (χ1n) is 6.42. The Hall–Kier alpha value is -1.25. The van der Waals surface area contributed by atoms with Crippen LogP contribution in [0.25, 0.3) is 0 Å². The zero-order chi connectivity index (χ0) is 12.5. The zero-order valence-corrected chi connectivity index (χ0v) is 11.1. The Morgan fingerprint density at radius 2 is 2.00 bits per heavy atom. The second-order valence-corrected chi connectivity index (χ2v) is 5.95. The molecule has 2 N–H and O–H groups in total. The maximum atomic E-state index is 5.73. The molecule has 94 valence electrons. The highest BCUT2D eigenvalue weighted by Gasteiger charge is 2.28. The SMILES string of the molecule is CN(c1ccnc(N)c1)C1CCC(C)(C)CC1. The Bertz CT molecular complexity index is 377. The largest absolute Gasteiger partial charge is 0.384 e. The average Bonchev–Trinajstić information content (AvgIpc) is 2.28. The number of rotatable bonds is 2. The molecule has 1 aromatic heterocycles.